The summed E-state index contributed by atoms with van der Waals surface area (Å²) in [6, 6.07) is 13.4. The Morgan fingerprint density at radius 1 is 1.21 bits per heavy atom. The Labute approximate surface area is 211 Å². The number of hydrogen-bond donors (Lipinski definition) is 1. The number of amides is 1. The quantitative estimate of drug-likeness (QED) is 0.286. The van der Waals surface area contributed by atoms with Gasteiger partial charge in [-0.2, -0.15) is 0 Å². The molecule has 0 saturated carbocycles. The van der Waals surface area contributed by atoms with Gasteiger partial charge in [-0.05, 0) is 42.2 Å². The first kappa shape index (κ1) is 24.1. The van der Waals surface area contributed by atoms with Crippen molar-refractivity contribution in [3.8, 4) is 11.3 Å². The number of nitrogens with one attached hydrogen (secondary N) is 1. The van der Waals surface area contributed by atoms with Crippen LogP contribution in [-0.4, -0.2) is 40.7 Å². The minimum absolute atomic E-state index is 0.0367. The van der Waals surface area contributed by atoms with E-state index in [1.54, 1.807) is 6.07 Å². The Balaban J connectivity index is 1.20. The topological polar surface area (TPSA) is 49.6 Å². The zero-order valence-electron chi connectivity index (χ0n) is 17.8. The van der Waals surface area contributed by atoms with Gasteiger partial charge in [-0.3, -0.25) is 9.69 Å². The maximum Gasteiger partial charge on any atom is 0.230 e. The Morgan fingerprint density at radius 2 is 2.03 bits per heavy atom. The number of thiazole rings is 1. The molecule has 33 heavy (non-hydrogen) atoms. The maximum atomic E-state index is 12.5. The molecule has 1 N–H and O–H groups in total. The predicted octanol–water partition coefficient (Wildman–Crippen LogP) is 6.54. The maximum absolute atomic E-state index is 12.5. The van der Waals surface area contributed by atoms with Crippen molar-refractivity contribution in [3.05, 3.63) is 74.9 Å². The summed E-state index contributed by atoms with van der Waals surface area (Å²) in [6.45, 7) is 9.84. The first-order valence-corrected chi connectivity index (χ1v) is 13.1. The highest BCUT2D eigenvalue weighted by molar-refractivity contribution is 8.01. The smallest absolute Gasteiger partial charge is 0.230 e. The lowest BCUT2D eigenvalue weighted by molar-refractivity contribution is -0.119. The monoisotopic (exact) mass is 516 g/mol. The van der Waals surface area contributed by atoms with Crippen molar-refractivity contribution in [2.24, 2.45) is 0 Å². The number of rotatable bonds is 7. The minimum Gasteiger partial charge on any atom is -0.353 e. The molecule has 0 aliphatic carbocycles. The van der Waals surface area contributed by atoms with Crippen LogP contribution < -0.4 is 5.32 Å². The van der Waals surface area contributed by atoms with Crippen LogP contribution in [0.4, 0.5) is 5.69 Å². The predicted molar refractivity (Wildman–Crippen MR) is 137 cm³/mol. The fourth-order valence-corrected chi connectivity index (χ4v) is 5.69. The zero-order chi connectivity index (χ0) is 23.2. The average Bonchev–Trinajstić information content (AvgIpc) is 3.31. The average molecular weight is 518 g/mol. The van der Waals surface area contributed by atoms with Crippen LogP contribution in [0.3, 0.4) is 0 Å². The summed E-state index contributed by atoms with van der Waals surface area (Å²) in [6.07, 6.45) is 1.85. The summed E-state index contributed by atoms with van der Waals surface area (Å²) in [7, 11) is 0. The highest BCUT2D eigenvalue weighted by Crippen LogP contribution is 2.30. The van der Waals surface area contributed by atoms with Gasteiger partial charge in [0.25, 0.3) is 0 Å². The molecule has 0 radical (unpaired) electrons. The van der Waals surface area contributed by atoms with Crippen molar-refractivity contribution < 1.29 is 4.79 Å². The number of likely N-dealkylation sites (tertiary alicyclic amines) is 1. The summed E-state index contributed by atoms with van der Waals surface area (Å²) in [5.41, 5.74) is 3.50. The van der Waals surface area contributed by atoms with Crippen molar-refractivity contribution in [1.82, 2.24) is 15.2 Å². The van der Waals surface area contributed by atoms with Crippen LogP contribution in [0.15, 0.2) is 52.2 Å². The fourth-order valence-electron chi connectivity index (χ4n) is 3.72. The molecule has 9 heteroatoms. The second kappa shape index (κ2) is 11.4. The molecule has 2 aromatic carbocycles. The van der Waals surface area contributed by atoms with Crippen molar-refractivity contribution in [3.63, 3.8) is 0 Å². The van der Waals surface area contributed by atoms with Gasteiger partial charge in [0.15, 0.2) is 10.0 Å². The van der Waals surface area contributed by atoms with Crippen LogP contribution in [0.2, 0.25) is 10.0 Å². The molecule has 2 heterocycles. The number of thioether (sulfide) groups is 1. The van der Waals surface area contributed by atoms with Crippen molar-refractivity contribution in [2.75, 3.05) is 18.8 Å². The third-order valence-corrected chi connectivity index (χ3v) is 8.18. The standard InChI is InChI=1S/C24H22Cl2N4OS2/c1-27-19-4-2-3-17(12-19)22-14-32-24(29-22)33-15-23(31)28-18-7-9-30(10-8-18)13-16-5-6-20(25)21(26)11-16/h2-6,11-12,14,18H,7-10,13,15H2,(H,28,31). The molecule has 3 aromatic rings. The summed E-state index contributed by atoms with van der Waals surface area (Å²) in [4.78, 5) is 22.9. The third kappa shape index (κ3) is 6.72. The molecule has 4 rings (SSSR count). The molecule has 0 atom stereocenters. The van der Waals surface area contributed by atoms with E-state index in [9.17, 15) is 4.79 Å². The van der Waals surface area contributed by atoms with E-state index in [0.717, 1.165) is 53.6 Å². The van der Waals surface area contributed by atoms with E-state index in [1.807, 2.05) is 41.8 Å². The van der Waals surface area contributed by atoms with Gasteiger partial charge >= 0.3 is 0 Å². The summed E-state index contributed by atoms with van der Waals surface area (Å²) in [5, 5.41) is 6.28. The van der Waals surface area contributed by atoms with Crippen LogP contribution in [-0.2, 0) is 11.3 Å². The van der Waals surface area contributed by atoms with Crippen LogP contribution in [0.1, 0.15) is 18.4 Å². The van der Waals surface area contributed by atoms with E-state index in [-0.39, 0.29) is 11.9 Å². The van der Waals surface area contributed by atoms with Crippen LogP contribution in [0, 0.1) is 6.57 Å². The van der Waals surface area contributed by atoms with Crippen LogP contribution in [0.5, 0.6) is 0 Å². The molecule has 1 aliphatic rings. The minimum atomic E-state index is 0.0367. The first-order valence-electron chi connectivity index (χ1n) is 10.5. The fraction of sp³-hybridized carbons (Fsp3) is 0.292. The molecular weight excluding hydrogens is 495 g/mol. The van der Waals surface area contributed by atoms with Gasteiger partial charge in [0.1, 0.15) is 0 Å². The molecule has 170 valence electrons. The van der Waals surface area contributed by atoms with E-state index >= 15 is 0 Å². The summed E-state index contributed by atoms with van der Waals surface area (Å²) in [5.74, 6) is 0.383. The normalized spacial score (nSPS) is 14.7. The lowest BCUT2D eigenvalue weighted by Gasteiger charge is -2.32. The van der Waals surface area contributed by atoms with Crippen LogP contribution >= 0.6 is 46.3 Å². The lowest BCUT2D eigenvalue weighted by atomic mass is 10.0. The number of aromatic nitrogens is 1. The molecule has 0 bridgehead atoms. The Hall–Kier alpha value is -2.08. The Morgan fingerprint density at radius 3 is 2.79 bits per heavy atom. The third-order valence-electron chi connectivity index (χ3n) is 5.42. The van der Waals surface area contributed by atoms with Gasteiger partial charge in [-0.1, -0.05) is 59.2 Å². The molecule has 1 aliphatic heterocycles. The van der Waals surface area contributed by atoms with Gasteiger partial charge in [0.2, 0.25) is 5.91 Å². The first-order chi connectivity index (χ1) is 16.0. The summed E-state index contributed by atoms with van der Waals surface area (Å²) < 4.78 is 0.852. The number of carbonyl (C=O) groups excluding carboxylic acids is 1. The zero-order valence-corrected chi connectivity index (χ0v) is 20.9. The SMILES string of the molecule is [C-]#[N+]c1cccc(-c2csc(SCC(=O)NC3CCN(Cc4ccc(Cl)c(Cl)c4)CC3)n2)c1. The number of nitrogens with zero attached hydrogens (tertiary/aromatic N) is 3. The van der Waals surface area contributed by atoms with Gasteiger partial charge in [0, 0.05) is 31.1 Å². The van der Waals surface area contributed by atoms with Crippen molar-refractivity contribution >= 4 is 57.9 Å². The number of carbonyl (C=O) groups is 1. The van der Waals surface area contributed by atoms with Gasteiger partial charge in [-0.25, -0.2) is 9.83 Å². The van der Waals surface area contributed by atoms with E-state index in [4.69, 9.17) is 29.8 Å². The molecule has 0 spiro atoms. The van der Waals surface area contributed by atoms with Gasteiger partial charge in [-0.15, -0.1) is 11.3 Å². The van der Waals surface area contributed by atoms with Crippen molar-refractivity contribution in [2.45, 2.75) is 29.8 Å². The van der Waals surface area contributed by atoms with E-state index < -0.39 is 0 Å². The molecule has 0 unspecified atom stereocenters. The number of piperidine rings is 1. The summed E-state index contributed by atoms with van der Waals surface area (Å²) >= 11 is 15.1. The molecule has 1 fully saturated rings. The van der Waals surface area contributed by atoms with Crippen LogP contribution in [0.25, 0.3) is 16.1 Å². The second-order valence-electron chi connectivity index (χ2n) is 7.82. The van der Waals surface area contributed by atoms with E-state index in [0.29, 0.717) is 21.5 Å². The van der Waals surface area contributed by atoms with E-state index in [2.05, 4.69) is 20.0 Å². The molecule has 1 aromatic heterocycles. The Bertz CT molecular complexity index is 1170. The largest absolute Gasteiger partial charge is 0.353 e. The second-order valence-corrected chi connectivity index (χ2v) is 10.7. The van der Waals surface area contributed by atoms with Crippen molar-refractivity contribution in [1.29, 1.82) is 0 Å². The Kier molecular flexibility index (Phi) is 8.29. The number of halogens is 2. The van der Waals surface area contributed by atoms with E-state index in [1.165, 1.54) is 23.1 Å². The molecular formula is C24H22Cl2N4OS2. The lowest BCUT2D eigenvalue weighted by Crippen LogP contribution is -2.44. The van der Waals surface area contributed by atoms with Gasteiger partial charge < -0.3 is 5.32 Å². The van der Waals surface area contributed by atoms with Gasteiger partial charge in [0.05, 0.1) is 28.1 Å². The molecule has 1 amide bonds. The number of benzene rings is 2. The highest BCUT2D eigenvalue weighted by atomic mass is 35.5. The molecule has 1 saturated heterocycles. The number of hydrogen-bond acceptors (Lipinski definition) is 5. The highest BCUT2D eigenvalue weighted by Gasteiger charge is 2.21. The molecule has 5 nitrogen and oxygen atoms in total.